The quantitative estimate of drug-likeness (QED) is 0.531. The number of nitrogens with zero attached hydrogens (tertiary/aromatic N) is 5. The molecule has 1 N–H and O–H groups in total. The Balaban J connectivity index is 1.46. The summed E-state index contributed by atoms with van der Waals surface area (Å²) in [7, 11) is 0. The highest BCUT2D eigenvalue weighted by atomic mass is 16.5. The fraction of sp³-hybridized carbons (Fsp3) is 0.227. The van der Waals surface area contributed by atoms with Gasteiger partial charge in [-0.3, -0.25) is 4.79 Å². The number of hydrogen-bond donors (Lipinski definition) is 1. The van der Waals surface area contributed by atoms with Gasteiger partial charge in [-0.2, -0.15) is 10.1 Å². The lowest BCUT2D eigenvalue weighted by molar-refractivity contribution is 0.0950. The summed E-state index contributed by atoms with van der Waals surface area (Å²) >= 11 is 0. The highest BCUT2D eigenvalue weighted by molar-refractivity contribution is 5.95. The molecule has 0 radical (unpaired) electrons. The first-order valence-corrected chi connectivity index (χ1v) is 9.73. The van der Waals surface area contributed by atoms with Crippen LogP contribution in [-0.2, 0) is 13.0 Å². The van der Waals surface area contributed by atoms with Crippen LogP contribution in [0.15, 0.2) is 53.3 Å². The maximum Gasteiger partial charge on any atom is 0.259 e. The zero-order chi connectivity index (χ0) is 21.1. The lowest BCUT2D eigenvalue weighted by Gasteiger charge is -2.07. The summed E-state index contributed by atoms with van der Waals surface area (Å²) < 4.78 is 6.79. The van der Waals surface area contributed by atoms with E-state index in [1.54, 1.807) is 30.1 Å². The second-order valence-electron chi connectivity index (χ2n) is 6.96. The maximum atomic E-state index is 12.6. The third-order valence-electron chi connectivity index (χ3n) is 4.88. The number of hydrogen-bond acceptors (Lipinski definition) is 6. The van der Waals surface area contributed by atoms with Crippen molar-refractivity contribution >= 4 is 5.91 Å². The van der Waals surface area contributed by atoms with Crippen LogP contribution >= 0.6 is 0 Å². The molecule has 8 heteroatoms. The molecule has 0 fully saturated rings. The molecule has 0 unspecified atom stereocenters. The van der Waals surface area contributed by atoms with Crippen LogP contribution in [0, 0.1) is 13.8 Å². The summed E-state index contributed by atoms with van der Waals surface area (Å²) in [5.74, 6) is 1.41. The van der Waals surface area contributed by atoms with E-state index in [1.165, 1.54) is 5.56 Å². The van der Waals surface area contributed by atoms with E-state index in [-0.39, 0.29) is 5.91 Å². The summed E-state index contributed by atoms with van der Waals surface area (Å²) in [5.41, 5.74) is 4.27. The Kier molecular flexibility index (Phi) is 5.38. The van der Waals surface area contributed by atoms with E-state index in [9.17, 15) is 4.79 Å². The van der Waals surface area contributed by atoms with Gasteiger partial charge in [0.1, 0.15) is 0 Å². The molecule has 8 nitrogen and oxygen atoms in total. The summed E-state index contributed by atoms with van der Waals surface area (Å²) in [4.78, 5) is 21.2. The van der Waals surface area contributed by atoms with Gasteiger partial charge in [0, 0.05) is 12.7 Å². The van der Waals surface area contributed by atoms with Crippen molar-refractivity contribution in [3.05, 3.63) is 77.0 Å². The molecular formula is C22H22N6O2. The zero-order valence-corrected chi connectivity index (χ0v) is 17.1. The average molecular weight is 402 g/mol. The second kappa shape index (κ2) is 8.28. The number of amides is 1. The molecule has 4 aromatic rings. The molecule has 3 heterocycles. The number of aromatic nitrogens is 5. The van der Waals surface area contributed by atoms with E-state index in [0.29, 0.717) is 35.3 Å². The van der Waals surface area contributed by atoms with Gasteiger partial charge in [-0.1, -0.05) is 36.3 Å². The first-order valence-electron chi connectivity index (χ1n) is 9.73. The molecule has 0 bridgehead atoms. The molecule has 0 aliphatic carbocycles. The van der Waals surface area contributed by atoms with Crippen LogP contribution in [-0.4, -0.2) is 30.8 Å². The molecule has 152 valence electrons. The van der Waals surface area contributed by atoms with Gasteiger partial charge in [0.25, 0.3) is 11.8 Å². The van der Waals surface area contributed by atoms with E-state index >= 15 is 0 Å². The fourth-order valence-corrected chi connectivity index (χ4v) is 3.09. The highest BCUT2D eigenvalue weighted by Crippen LogP contribution is 2.18. The second-order valence-corrected chi connectivity index (χ2v) is 6.96. The van der Waals surface area contributed by atoms with Crippen molar-refractivity contribution in [2.24, 2.45) is 0 Å². The smallest absolute Gasteiger partial charge is 0.259 e. The molecule has 0 aliphatic heterocycles. The number of aryl methyl sites for hydroxylation is 2. The van der Waals surface area contributed by atoms with Gasteiger partial charge < -0.3 is 9.84 Å². The monoisotopic (exact) mass is 402 g/mol. The first-order chi connectivity index (χ1) is 14.5. The Morgan fingerprint density at radius 3 is 2.47 bits per heavy atom. The van der Waals surface area contributed by atoms with Crippen LogP contribution in [0.3, 0.4) is 0 Å². The van der Waals surface area contributed by atoms with Crippen LogP contribution in [0.5, 0.6) is 0 Å². The molecule has 3 aromatic heterocycles. The molecule has 30 heavy (non-hydrogen) atoms. The molecule has 0 spiro atoms. The van der Waals surface area contributed by atoms with Crippen molar-refractivity contribution in [2.45, 2.75) is 33.7 Å². The Morgan fingerprint density at radius 2 is 1.83 bits per heavy atom. The zero-order valence-electron chi connectivity index (χ0n) is 17.1. The van der Waals surface area contributed by atoms with Gasteiger partial charge in [-0.15, -0.1) is 0 Å². The molecule has 0 saturated heterocycles. The van der Waals surface area contributed by atoms with Crippen LogP contribution in [0.2, 0.25) is 0 Å². The van der Waals surface area contributed by atoms with E-state index in [4.69, 9.17) is 4.52 Å². The van der Waals surface area contributed by atoms with Crippen molar-refractivity contribution in [1.82, 2.24) is 30.2 Å². The Morgan fingerprint density at radius 1 is 1.07 bits per heavy atom. The third kappa shape index (κ3) is 3.98. The van der Waals surface area contributed by atoms with E-state index < -0.39 is 0 Å². The SMILES string of the molecule is CCc1ccc(CNC(=O)c2cnn(-c3ccc(-c4nc(C)no4)cn3)c2C)cc1. The minimum atomic E-state index is -0.170. The van der Waals surface area contributed by atoms with Crippen molar-refractivity contribution in [3.8, 4) is 17.3 Å². The number of nitrogens with one attached hydrogen (secondary N) is 1. The lowest BCUT2D eigenvalue weighted by Crippen LogP contribution is -2.23. The van der Waals surface area contributed by atoms with Gasteiger partial charge in [0.2, 0.25) is 0 Å². The summed E-state index contributed by atoms with van der Waals surface area (Å²) in [6, 6.07) is 11.9. The number of rotatable bonds is 6. The van der Waals surface area contributed by atoms with E-state index in [1.807, 2.05) is 25.1 Å². The predicted octanol–water partition coefficient (Wildman–Crippen LogP) is 3.43. The molecule has 0 aliphatic rings. The van der Waals surface area contributed by atoms with Crippen molar-refractivity contribution in [3.63, 3.8) is 0 Å². The van der Waals surface area contributed by atoms with Crippen LogP contribution in [0.25, 0.3) is 17.3 Å². The van der Waals surface area contributed by atoms with Gasteiger partial charge >= 0.3 is 0 Å². The Hall–Kier alpha value is -3.81. The van der Waals surface area contributed by atoms with Gasteiger partial charge in [-0.05, 0) is 43.5 Å². The highest BCUT2D eigenvalue weighted by Gasteiger charge is 2.16. The van der Waals surface area contributed by atoms with Crippen molar-refractivity contribution in [2.75, 3.05) is 0 Å². The van der Waals surface area contributed by atoms with Gasteiger partial charge in [0.05, 0.1) is 23.0 Å². The molecule has 4 rings (SSSR count). The van der Waals surface area contributed by atoms with Crippen molar-refractivity contribution in [1.29, 1.82) is 0 Å². The fourth-order valence-electron chi connectivity index (χ4n) is 3.09. The minimum absolute atomic E-state index is 0.170. The van der Waals surface area contributed by atoms with Gasteiger partial charge in [-0.25, -0.2) is 9.67 Å². The number of pyridine rings is 1. The standard InChI is InChI=1S/C22H22N6O2/c1-4-16-5-7-17(8-6-16)11-24-21(29)19-13-25-28(14(19)2)20-10-9-18(12-23-20)22-26-15(3)27-30-22/h5-10,12-13H,4,11H2,1-3H3,(H,24,29). The third-order valence-corrected chi connectivity index (χ3v) is 4.88. The van der Waals surface area contributed by atoms with Crippen LogP contribution in [0.4, 0.5) is 0 Å². The number of carbonyl (C=O) groups excluding carboxylic acids is 1. The molecule has 1 amide bonds. The predicted molar refractivity (Wildman–Crippen MR) is 111 cm³/mol. The van der Waals surface area contributed by atoms with E-state index in [0.717, 1.165) is 17.5 Å². The minimum Gasteiger partial charge on any atom is -0.348 e. The Bertz CT molecular complexity index is 1160. The van der Waals surface area contributed by atoms with Gasteiger partial charge in [0.15, 0.2) is 11.6 Å². The summed E-state index contributed by atoms with van der Waals surface area (Å²) in [6.07, 6.45) is 4.19. The van der Waals surface area contributed by atoms with Crippen molar-refractivity contribution < 1.29 is 9.32 Å². The van der Waals surface area contributed by atoms with Crippen LogP contribution < -0.4 is 5.32 Å². The van der Waals surface area contributed by atoms with E-state index in [2.05, 4.69) is 44.6 Å². The number of carbonyl (C=O) groups is 1. The summed E-state index contributed by atoms with van der Waals surface area (Å²) in [6.45, 7) is 6.18. The summed E-state index contributed by atoms with van der Waals surface area (Å²) in [5, 5.41) is 11.1. The average Bonchev–Trinajstić information content (AvgIpc) is 3.38. The molecular weight excluding hydrogens is 380 g/mol. The Labute approximate surface area is 174 Å². The molecule has 0 atom stereocenters. The topological polar surface area (TPSA) is 98.7 Å². The van der Waals surface area contributed by atoms with Crippen LogP contribution in [0.1, 0.15) is 39.9 Å². The normalized spacial score (nSPS) is 10.9. The molecule has 1 aromatic carbocycles. The molecule has 0 saturated carbocycles. The first kappa shape index (κ1) is 19.5. The largest absolute Gasteiger partial charge is 0.348 e. The number of benzene rings is 1. The lowest BCUT2D eigenvalue weighted by atomic mass is 10.1. The maximum absolute atomic E-state index is 12.6.